The van der Waals surface area contributed by atoms with Crippen LogP contribution in [0.1, 0.15) is 10.6 Å². The van der Waals surface area contributed by atoms with Crippen molar-refractivity contribution < 1.29 is 4.39 Å². The Morgan fingerprint density at radius 3 is 3.00 bits per heavy atom. The molecular formula is C11H8FN3S. The van der Waals surface area contributed by atoms with E-state index in [1.807, 2.05) is 11.4 Å². The Kier molecular flexibility index (Phi) is 3.13. The van der Waals surface area contributed by atoms with E-state index in [1.54, 1.807) is 18.3 Å². The third-order valence-electron chi connectivity index (χ3n) is 2.01. The van der Waals surface area contributed by atoms with E-state index in [-0.39, 0.29) is 0 Å². The van der Waals surface area contributed by atoms with Gasteiger partial charge in [0.05, 0.1) is 23.9 Å². The molecular weight excluding hydrogens is 225 g/mol. The molecule has 0 bridgehead atoms. The number of nitrogens with one attached hydrogen (secondary N) is 1. The molecule has 2 rings (SSSR count). The summed E-state index contributed by atoms with van der Waals surface area (Å²) in [5.41, 5.74) is 0.700. The number of thiazole rings is 1. The lowest BCUT2D eigenvalue weighted by molar-refractivity contribution is 0.629. The van der Waals surface area contributed by atoms with E-state index in [2.05, 4.69) is 10.3 Å². The smallest absolute Gasteiger partial charge is 0.147 e. The summed E-state index contributed by atoms with van der Waals surface area (Å²) in [6.07, 6.45) is 1.71. The minimum absolute atomic E-state index is 0.317. The first kappa shape index (κ1) is 10.6. The second-order valence-electron chi connectivity index (χ2n) is 3.09. The zero-order valence-electron chi connectivity index (χ0n) is 8.27. The van der Waals surface area contributed by atoms with Crippen molar-refractivity contribution in [1.29, 1.82) is 5.26 Å². The maximum Gasteiger partial charge on any atom is 0.147 e. The molecule has 80 valence electrons. The van der Waals surface area contributed by atoms with Crippen molar-refractivity contribution in [2.45, 2.75) is 6.54 Å². The lowest BCUT2D eigenvalue weighted by Crippen LogP contribution is -2.01. The lowest BCUT2D eigenvalue weighted by Gasteiger charge is -2.05. The number of halogens is 1. The molecule has 5 heteroatoms. The van der Waals surface area contributed by atoms with Gasteiger partial charge in [0, 0.05) is 11.6 Å². The van der Waals surface area contributed by atoms with Crippen molar-refractivity contribution in [3.63, 3.8) is 0 Å². The van der Waals surface area contributed by atoms with Gasteiger partial charge in [0.1, 0.15) is 10.8 Å². The molecule has 1 aromatic carbocycles. The number of rotatable bonds is 3. The van der Waals surface area contributed by atoms with Crippen molar-refractivity contribution in [2.24, 2.45) is 0 Å². The van der Waals surface area contributed by atoms with Gasteiger partial charge in [-0.15, -0.1) is 11.3 Å². The summed E-state index contributed by atoms with van der Waals surface area (Å²) in [4.78, 5) is 4.08. The van der Waals surface area contributed by atoms with Crippen molar-refractivity contribution in [3.05, 3.63) is 46.2 Å². The molecule has 2 aromatic rings. The average Bonchev–Trinajstić information content (AvgIpc) is 2.80. The molecule has 0 aliphatic carbocycles. The monoisotopic (exact) mass is 233 g/mol. The van der Waals surface area contributed by atoms with Gasteiger partial charge in [-0.25, -0.2) is 9.37 Å². The Morgan fingerprint density at radius 1 is 1.50 bits per heavy atom. The van der Waals surface area contributed by atoms with Crippen LogP contribution in [0.5, 0.6) is 0 Å². The number of nitrogens with zero attached hydrogens (tertiary/aromatic N) is 2. The first-order chi connectivity index (χ1) is 7.79. The van der Waals surface area contributed by atoms with E-state index in [4.69, 9.17) is 5.26 Å². The third kappa shape index (κ3) is 2.35. The van der Waals surface area contributed by atoms with E-state index in [0.717, 1.165) is 5.01 Å². The predicted molar refractivity (Wildman–Crippen MR) is 60.6 cm³/mol. The molecule has 1 N–H and O–H groups in total. The summed E-state index contributed by atoms with van der Waals surface area (Å²) < 4.78 is 13.4. The van der Waals surface area contributed by atoms with Crippen LogP contribution in [0.2, 0.25) is 0 Å². The molecule has 3 nitrogen and oxygen atoms in total. The highest BCUT2D eigenvalue weighted by Gasteiger charge is 2.03. The highest BCUT2D eigenvalue weighted by Crippen LogP contribution is 2.16. The summed E-state index contributed by atoms with van der Waals surface area (Å²) in [5.74, 6) is -0.421. The molecule has 0 atom stereocenters. The fourth-order valence-corrected chi connectivity index (χ4v) is 1.80. The van der Waals surface area contributed by atoms with Crippen LogP contribution < -0.4 is 5.32 Å². The van der Waals surface area contributed by atoms with Gasteiger partial charge < -0.3 is 5.32 Å². The summed E-state index contributed by atoms with van der Waals surface area (Å²) in [7, 11) is 0. The normalized spacial score (nSPS) is 9.75. The second-order valence-corrected chi connectivity index (χ2v) is 4.06. The molecule has 0 aliphatic rings. The summed E-state index contributed by atoms with van der Waals surface area (Å²) in [6, 6.07) is 6.23. The van der Waals surface area contributed by atoms with Gasteiger partial charge in [-0.3, -0.25) is 0 Å². The van der Waals surface area contributed by atoms with Crippen molar-refractivity contribution in [1.82, 2.24) is 4.98 Å². The minimum atomic E-state index is -0.421. The summed E-state index contributed by atoms with van der Waals surface area (Å²) in [5, 5.41) is 14.3. The van der Waals surface area contributed by atoms with Gasteiger partial charge >= 0.3 is 0 Å². The van der Waals surface area contributed by atoms with Gasteiger partial charge in [0.2, 0.25) is 0 Å². The van der Waals surface area contributed by atoms with Crippen molar-refractivity contribution in [2.75, 3.05) is 5.32 Å². The third-order valence-corrected chi connectivity index (χ3v) is 2.79. The number of hydrogen-bond acceptors (Lipinski definition) is 4. The van der Waals surface area contributed by atoms with E-state index in [0.29, 0.717) is 17.8 Å². The predicted octanol–water partition coefficient (Wildman–Crippen LogP) is 2.77. The number of nitriles is 1. The standard InChI is InChI=1S/C11H8FN3S/c12-9-5-8(6-13)1-2-10(9)15-7-11-14-3-4-16-11/h1-5,15H,7H2. The van der Waals surface area contributed by atoms with E-state index in [1.165, 1.54) is 17.4 Å². The van der Waals surface area contributed by atoms with E-state index >= 15 is 0 Å². The first-order valence-corrected chi connectivity index (χ1v) is 5.49. The van der Waals surface area contributed by atoms with Gasteiger partial charge in [-0.1, -0.05) is 0 Å². The molecule has 0 amide bonds. The maximum absolute atomic E-state index is 13.4. The molecule has 0 spiro atoms. The van der Waals surface area contributed by atoms with Crippen LogP contribution in [0.25, 0.3) is 0 Å². The molecule has 0 fully saturated rings. The fourth-order valence-electron chi connectivity index (χ4n) is 1.24. The molecule has 0 radical (unpaired) electrons. The number of anilines is 1. The molecule has 0 saturated carbocycles. The van der Waals surface area contributed by atoms with Crippen LogP contribution >= 0.6 is 11.3 Å². The zero-order valence-corrected chi connectivity index (χ0v) is 9.09. The van der Waals surface area contributed by atoms with Crippen LogP contribution in [-0.2, 0) is 6.54 Å². The lowest BCUT2D eigenvalue weighted by atomic mass is 10.2. The Hall–Kier alpha value is -1.93. The number of aromatic nitrogens is 1. The van der Waals surface area contributed by atoms with E-state index in [9.17, 15) is 4.39 Å². The van der Waals surface area contributed by atoms with Gasteiger partial charge in [-0.05, 0) is 18.2 Å². The topological polar surface area (TPSA) is 48.7 Å². The maximum atomic E-state index is 13.4. The Labute approximate surface area is 96.2 Å². The molecule has 1 aromatic heterocycles. The second kappa shape index (κ2) is 4.73. The summed E-state index contributed by atoms with van der Waals surface area (Å²) in [6.45, 7) is 0.487. The van der Waals surface area contributed by atoms with Crippen LogP contribution in [-0.4, -0.2) is 4.98 Å². The molecule has 0 aliphatic heterocycles. The highest BCUT2D eigenvalue weighted by molar-refractivity contribution is 7.09. The molecule has 16 heavy (non-hydrogen) atoms. The SMILES string of the molecule is N#Cc1ccc(NCc2nccs2)c(F)c1. The number of hydrogen-bond donors (Lipinski definition) is 1. The Bertz CT molecular complexity index is 517. The largest absolute Gasteiger partial charge is 0.376 e. The van der Waals surface area contributed by atoms with Gasteiger partial charge in [0.15, 0.2) is 0 Å². The fraction of sp³-hybridized carbons (Fsp3) is 0.0909. The minimum Gasteiger partial charge on any atom is -0.376 e. The van der Waals surface area contributed by atoms with Gasteiger partial charge in [0.25, 0.3) is 0 Å². The zero-order chi connectivity index (χ0) is 11.4. The summed E-state index contributed by atoms with van der Waals surface area (Å²) >= 11 is 1.51. The molecule has 1 heterocycles. The van der Waals surface area contributed by atoms with Crippen LogP contribution in [0, 0.1) is 17.1 Å². The molecule has 0 unspecified atom stereocenters. The van der Waals surface area contributed by atoms with Gasteiger partial charge in [-0.2, -0.15) is 5.26 Å². The Morgan fingerprint density at radius 2 is 2.38 bits per heavy atom. The first-order valence-electron chi connectivity index (χ1n) is 4.61. The van der Waals surface area contributed by atoms with Crippen LogP contribution in [0.3, 0.4) is 0 Å². The quantitative estimate of drug-likeness (QED) is 0.886. The van der Waals surface area contributed by atoms with Crippen molar-refractivity contribution in [3.8, 4) is 6.07 Å². The van der Waals surface area contributed by atoms with Crippen LogP contribution in [0.4, 0.5) is 10.1 Å². The Balaban J connectivity index is 2.08. The number of benzene rings is 1. The molecule has 0 saturated heterocycles. The average molecular weight is 233 g/mol. The highest BCUT2D eigenvalue weighted by atomic mass is 32.1. The van der Waals surface area contributed by atoms with E-state index < -0.39 is 5.82 Å². The van der Waals surface area contributed by atoms with Crippen LogP contribution in [0.15, 0.2) is 29.8 Å². The van der Waals surface area contributed by atoms with Crippen molar-refractivity contribution >= 4 is 17.0 Å².